The summed E-state index contributed by atoms with van der Waals surface area (Å²) < 4.78 is 5.88. The maximum Gasteiger partial charge on any atom is 0.236 e. The lowest BCUT2D eigenvalue weighted by atomic mass is 10.3. The van der Waals surface area contributed by atoms with Crippen LogP contribution in [0.5, 0.6) is 5.75 Å². The average Bonchev–Trinajstić information content (AvgIpc) is 2.57. The van der Waals surface area contributed by atoms with E-state index in [0.29, 0.717) is 11.6 Å². The number of methoxy groups -OCH3 is 1. The molecule has 0 aromatic carbocycles. The van der Waals surface area contributed by atoms with Crippen LogP contribution in [-0.4, -0.2) is 30.3 Å². The summed E-state index contributed by atoms with van der Waals surface area (Å²) in [5.41, 5.74) is 0. The van der Waals surface area contributed by atoms with E-state index in [2.05, 4.69) is 20.9 Å². The van der Waals surface area contributed by atoms with Crippen molar-refractivity contribution in [2.24, 2.45) is 0 Å². The maximum absolute atomic E-state index is 11.5. The van der Waals surface area contributed by atoms with Gasteiger partial charge in [-0.25, -0.2) is 4.98 Å². The van der Waals surface area contributed by atoms with Gasteiger partial charge in [-0.05, 0) is 22.0 Å². The second-order valence-electron chi connectivity index (χ2n) is 3.37. The molecule has 1 saturated heterocycles. The van der Waals surface area contributed by atoms with Crippen molar-refractivity contribution < 1.29 is 14.3 Å². The third kappa shape index (κ3) is 1.92. The van der Waals surface area contributed by atoms with Crippen LogP contribution in [0.25, 0.3) is 0 Å². The van der Waals surface area contributed by atoms with Crippen molar-refractivity contribution in [3.05, 3.63) is 16.7 Å². The van der Waals surface area contributed by atoms with Crippen molar-refractivity contribution in [1.29, 1.82) is 0 Å². The highest BCUT2D eigenvalue weighted by Crippen LogP contribution is 2.30. The Morgan fingerprint density at radius 1 is 1.50 bits per heavy atom. The molecule has 1 fully saturated rings. The summed E-state index contributed by atoms with van der Waals surface area (Å²) in [4.78, 5) is 28.1. The Balaban J connectivity index is 2.40. The number of halogens is 1. The molecule has 0 saturated carbocycles. The molecule has 6 heteroatoms. The molecule has 0 N–H and O–H groups in total. The van der Waals surface area contributed by atoms with Crippen LogP contribution in [-0.2, 0) is 9.59 Å². The zero-order valence-corrected chi connectivity index (χ0v) is 10.2. The molecular weight excluding hydrogens is 276 g/mol. The largest absolute Gasteiger partial charge is 0.493 e. The number of ether oxygens (including phenoxy) is 1. The molecule has 84 valence electrons. The number of amides is 1. The van der Waals surface area contributed by atoms with Gasteiger partial charge in [0.2, 0.25) is 5.91 Å². The van der Waals surface area contributed by atoms with Crippen LogP contribution in [0.1, 0.15) is 6.42 Å². The van der Waals surface area contributed by atoms with Crippen LogP contribution in [0.15, 0.2) is 16.7 Å². The van der Waals surface area contributed by atoms with Crippen molar-refractivity contribution in [3.63, 3.8) is 0 Å². The van der Waals surface area contributed by atoms with E-state index in [0.717, 1.165) is 4.47 Å². The molecule has 1 aliphatic rings. The standard InChI is InChI=1S/C10H9BrN2O3/c1-16-8-2-6(11)4-12-10(8)13-5-7(14)3-9(13)15/h2,4H,3,5H2,1H3. The number of carbonyl (C=O) groups is 2. The number of nitrogens with zero attached hydrogens (tertiary/aromatic N) is 2. The maximum atomic E-state index is 11.5. The van der Waals surface area contributed by atoms with E-state index in [1.165, 1.54) is 12.0 Å². The molecule has 1 amide bonds. The lowest BCUT2D eigenvalue weighted by Gasteiger charge is -2.16. The van der Waals surface area contributed by atoms with E-state index >= 15 is 0 Å². The number of rotatable bonds is 2. The number of aromatic nitrogens is 1. The first-order chi connectivity index (χ1) is 7.61. The number of pyridine rings is 1. The van der Waals surface area contributed by atoms with Crippen LogP contribution < -0.4 is 9.64 Å². The zero-order chi connectivity index (χ0) is 11.7. The molecule has 2 rings (SSSR count). The van der Waals surface area contributed by atoms with Crippen molar-refractivity contribution in [3.8, 4) is 5.75 Å². The van der Waals surface area contributed by atoms with Gasteiger partial charge in [-0.1, -0.05) is 0 Å². The molecule has 0 unspecified atom stereocenters. The Kier molecular flexibility index (Phi) is 2.91. The Labute approximate surface area is 101 Å². The van der Waals surface area contributed by atoms with Gasteiger partial charge in [-0.15, -0.1) is 0 Å². The van der Waals surface area contributed by atoms with E-state index in [4.69, 9.17) is 4.74 Å². The molecule has 1 aromatic heterocycles. The second kappa shape index (κ2) is 4.21. The summed E-state index contributed by atoms with van der Waals surface area (Å²) in [5, 5.41) is 0. The monoisotopic (exact) mass is 284 g/mol. The molecule has 2 heterocycles. The van der Waals surface area contributed by atoms with Gasteiger partial charge in [-0.3, -0.25) is 14.5 Å². The van der Waals surface area contributed by atoms with Gasteiger partial charge in [0.1, 0.15) is 0 Å². The summed E-state index contributed by atoms with van der Waals surface area (Å²) in [5.74, 6) is 0.522. The van der Waals surface area contributed by atoms with Gasteiger partial charge in [0.15, 0.2) is 17.4 Å². The van der Waals surface area contributed by atoms with E-state index in [1.54, 1.807) is 12.3 Å². The topological polar surface area (TPSA) is 59.5 Å². The Morgan fingerprint density at radius 2 is 2.25 bits per heavy atom. The van der Waals surface area contributed by atoms with Gasteiger partial charge < -0.3 is 4.74 Å². The van der Waals surface area contributed by atoms with E-state index in [9.17, 15) is 9.59 Å². The Bertz CT molecular complexity index is 461. The normalized spacial score (nSPS) is 15.8. The fourth-order valence-electron chi connectivity index (χ4n) is 1.54. The molecule has 0 aliphatic carbocycles. The van der Waals surface area contributed by atoms with Crippen LogP contribution in [0.2, 0.25) is 0 Å². The number of Topliss-reactive ketones (excluding diaryl/α,β-unsaturated/α-hetero) is 1. The first-order valence-corrected chi connectivity index (χ1v) is 5.42. The molecule has 1 aliphatic heterocycles. The van der Waals surface area contributed by atoms with Crippen LogP contribution in [0, 0.1) is 0 Å². The van der Waals surface area contributed by atoms with Crippen molar-refractivity contribution in [1.82, 2.24) is 4.98 Å². The van der Waals surface area contributed by atoms with Gasteiger partial charge >= 0.3 is 0 Å². The summed E-state index contributed by atoms with van der Waals surface area (Å²) in [6.45, 7) is 0.0732. The minimum atomic E-state index is -0.238. The number of ketones is 1. The summed E-state index contributed by atoms with van der Waals surface area (Å²) >= 11 is 3.26. The molecule has 1 aromatic rings. The molecule has 0 bridgehead atoms. The van der Waals surface area contributed by atoms with Crippen LogP contribution in [0.3, 0.4) is 0 Å². The fraction of sp³-hybridized carbons (Fsp3) is 0.300. The van der Waals surface area contributed by atoms with Crippen LogP contribution >= 0.6 is 15.9 Å². The van der Waals surface area contributed by atoms with Crippen molar-refractivity contribution in [2.75, 3.05) is 18.6 Å². The molecule has 16 heavy (non-hydrogen) atoms. The summed E-state index contributed by atoms with van der Waals surface area (Å²) in [6.07, 6.45) is 1.51. The predicted octanol–water partition coefficient (Wildman–Crippen LogP) is 1.16. The fourth-order valence-corrected chi connectivity index (χ4v) is 1.85. The molecule has 0 radical (unpaired) electrons. The number of hydrogen-bond donors (Lipinski definition) is 0. The van der Waals surface area contributed by atoms with Crippen molar-refractivity contribution in [2.45, 2.75) is 6.42 Å². The number of anilines is 1. The van der Waals surface area contributed by atoms with Gasteiger partial charge in [-0.2, -0.15) is 0 Å². The number of carbonyl (C=O) groups excluding carboxylic acids is 2. The first kappa shape index (κ1) is 11.1. The van der Waals surface area contributed by atoms with Gasteiger partial charge in [0, 0.05) is 10.7 Å². The predicted molar refractivity (Wildman–Crippen MR) is 60.5 cm³/mol. The first-order valence-electron chi connectivity index (χ1n) is 4.63. The highest BCUT2D eigenvalue weighted by atomic mass is 79.9. The number of hydrogen-bond acceptors (Lipinski definition) is 4. The minimum absolute atomic E-state index is 0.0547. The molecular formula is C10H9BrN2O3. The third-order valence-electron chi connectivity index (χ3n) is 2.26. The highest BCUT2D eigenvalue weighted by molar-refractivity contribution is 9.10. The third-order valence-corrected chi connectivity index (χ3v) is 2.69. The summed E-state index contributed by atoms with van der Waals surface area (Å²) in [6, 6.07) is 1.71. The quantitative estimate of drug-likeness (QED) is 0.765. The minimum Gasteiger partial charge on any atom is -0.493 e. The SMILES string of the molecule is COc1cc(Br)cnc1N1CC(=O)CC1=O. The average molecular weight is 285 g/mol. The zero-order valence-electron chi connectivity index (χ0n) is 8.57. The Morgan fingerprint density at radius 3 is 2.81 bits per heavy atom. The molecule has 0 atom stereocenters. The van der Waals surface area contributed by atoms with Crippen LogP contribution in [0.4, 0.5) is 5.82 Å². The lowest BCUT2D eigenvalue weighted by Crippen LogP contribution is -2.26. The second-order valence-corrected chi connectivity index (χ2v) is 4.29. The van der Waals surface area contributed by atoms with Gasteiger partial charge in [0.25, 0.3) is 0 Å². The Hall–Kier alpha value is -1.43. The summed E-state index contributed by atoms with van der Waals surface area (Å²) in [7, 11) is 1.50. The molecule has 5 nitrogen and oxygen atoms in total. The van der Waals surface area contributed by atoms with Gasteiger partial charge in [0.05, 0.1) is 20.1 Å². The van der Waals surface area contributed by atoms with E-state index < -0.39 is 0 Å². The molecule has 0 spiro atoms. The lowest BCUT2D eigenvalue weighted by molar-refractivity contribution is -0.121. The highest BCUT2D eigenvalue weighted by Gasteiger charge is 2.31. The van der Waals surface area contributed by atoms with E-state index in [1.807, 2.05) is 0 Å². The van der Waals surface area contributed by atoms with E-state index in [-0.39, 0.29) is 24.7 Å². The van der Waals surface area contributed by atoms with Crippen molar-refractivity contribution >= 4 is 33.4 Å². The smallest absolute Gasteiger partial charge is 0.236 e.